The Balaban J connectivity index is 2.36. The number of ketones is 1. The molecule has 1 heterocycles. The van der Waals surface area contributed by atoms with E-state index in [0.717, 1.165) is 5.56 Å². The third-order valence-corrected chi connectivity index (χ3v) is 2.68. The van der Waals surface area contributed by atoms with E-state index in [1.54, 1.807) is 18.2 Å². The molecule has 0 aromatic heterocycles. The van der Waals surface area contributed by atoms with Crippen molar-refractivity contribution in [3.8, 4) is 0 Å². The fraction of sp³-hybridized carbons (Fsp3) is 0.250. The van der Waals surface area contributed by atoms with Crippen LogP contribution in [0.2, 0.25) is 0 Å². The summed E-state index contributed by atoms with van der Waals surface area (Å²) >= 11 is 0. The first-order chi connectivity index (χ1) is 8.00. The van der Waals surface area contributed by atoms with Gasteiger partial charge in [0.1, 0.15) is 0 Å². The van der Waals surface area contributed by atoms with E-state index in [9.17, 15) is 14.4 Å². The van der Waals surface area contributed by atoms with Gasteiger partial charge in [0.25, 0.3) is 11.7 Å². The van der Waals surface area contributed by atoms with Crippen molar-refractivity contribution < 1.29 is 19.5 Å². The average Bonchev–Trinajstić information content (AvgIpc) is 2.49. The van der Waals surface area contributed by atoms with Gasteiger partial charge in [0.05, 0.1) is 17.7 Å². The Hall–Kier alpha value is -2.17. The number of aryl methyl sites for hydroxylation is 1. The van der Waals surface area contributed by atoms with Crippen LogP contribution in [0.4, 0.5) is 5.69 Å². The van der Waals surface area contributed by atoms with E-state index in [0.29, 0.717) is 11.3 Å². The van der Waals surface area contributed by atoms with Gasteiger partial charge in [-0.25, -0.2) is 0 Å². The number of nitrogens with zero attached hydrogens (tertiary/aromatic N) is 1. The smallest absolute Gasteiger partial charge is 0.305 e. The number of amides is 1. The molecule has 0 fully saturated rings. The number of benzene rings is 1. The van der Waals surface area contributed by atoms with Crippen LogP contribution in [0.1, 0.15) is 22.3 Å². The van der Waals surface area contributed by atoms with Gasteiger partial charge in [-0.2, -0.15) is 0 Å². The maximum absolute atomic E-state index is 11.7. The highest BCUT2D eigenvalue weighted by Crippen LogP contribution is 2.29. The number of carboxylic acid groups (broad SMARTS) is 1. The minimum atomic E-state index is -0.994. The van der Waals surface area contributed by atoms with Crippen LogP contribution >= 0.6 is 0 Å². The van der Waals surface area contributed by atoms with Crippen molar-refractivity contribution in [2.24, 2.45) is 0 Å². The SMILES string of the molecule is Cc1ccc2c(c1)N(CCC(=O)O)C(=O)C2=O. The predicted molar refractivity (Wildman–Crippen MR) is 60.1 cm³/mol. The summed E-state index contributed by atoms with van der Waals surface area (Å²) in [5, 5.41) is 8.61. The van der Waals surface area contributed by atoms with Crippen molar-refractivity contribution in [3.63, 3.8) is 0 Å². The zero-order valence-electron chi connectivity index (χ0n) is 9.27. The van der Waals surface area contributed by atoms with E-state index < -0.39 is 17.7 Å². The van der Waals surface area contributed by atoms with Gasteiger partial charge in [0.2, 0.25) is 0 Å². The van der Waals surface area contributed by atoms with Crippen molar-refractivity contribution >= 4 is 23.3 Å². The summed E-state index contributed by atoms with van der Waals surface area (Å²) in [6, 6.07) is 5.08. The van der Waals surface area contributed by atoms with Gasteiger partial charge in [-0.05, 0) is 24.6 Å². The van der Waals surface area contributed by atoms with Crippen molar-refractivity contribution in [2.45, 2.75) is 13.3 Å². The van der Waals surface area contributed by atoms with Gasteiger partial charge < -0.3 is 10.0 Å². The van der Waals surface area contributed by atoms with Gasteiger partial charge in [0, 0.05) is 6.54 Å². The Morgan fingerprint density at radius 3 is 2.71 bits per heavy atom. The number of aliphatic carboxylic acids is 1. The Morgan fingerprint density at radius 1 is 1.35 bits per heavy atom. The molecule has 0 spiro atoms. The highest BCUT2D eigenvalue weighted by Gasteiger charge is 2.35. The summed E-state index contributed by atoms with van der Waals surface area (Å²) in [7, 11) is 0. The maximum Gasteiger partial charge on any atom is 0.305 e. The van der Waals surface area contributed by atoms with Crippen molar-refractivity contribution in [1.82, 2.24) is 0 Å². The summed E-state index contributed by atoms with van der Waals surface area (Å²) in [4.78, 5) is 35.0. The lowest BCUT2D eigenvalue weighted by Gasteiger charge is -2.15. The molecule has 1 N–H and O–H groups in total. The molecule has 5 heteroatoms. The highest BCUT2D eigenvalue weighted by molar-refractivity contribution is 6.52. The zero-order valence-corrected chi connectivity index (χ0v) is 9.27. The second-order valence-electron chi connectivity index (χ2n) is 3.95. The number of carbonyl (C=O) groups is 3. The van der Waals surface area contributed by atoms with Crippen LogP contribution in [-0.4, -0.2) is 29.3 Å². The maximum atomic E-state index is 11.7. The van der Waals surface area contributed by atoms with Crippen LogP contribution in [0.25, 0.3) is 0 Å². The molecule has 1 aromatic carbocycles. The number of Topliss-reactive ketones (excluding diaryl/α,β-unsaturated/α-hetero) is 1. The lowest BCUT2D eigenvalue weighted by Crippen LogP contribution is -2.31. The molecule has 88 valence electrons. The Morgan fingerprint density at radius 2 is 2.06 bits per heavy atom. The van der Waals surface area contributed by atoms with Crippen molar-refractivity contribution in [1.29, 1.82) is 0 Å². The number of rotatable bonds is 3. The molecule has 0 aliphatic carbocycles. The van der Waals surface area contributed by atoms with Gasteiger partial charge in [-0.15, -0.1) is 0 Å². The van der Waals surface area contributed by atoms with E-state index >= 15 is 0 Å². The first-order valence-electron chi connectivity index (χ1n) is 5.19. The standard InChI is InChI=1S/C12H11NO4/c1-7-2-3-8-9(6-7)13(5-4-10(14)15)12(17)11(8)16/h2-3,6H,4-5H2,1H3,(H,14,15). The minimum Gasteiger partial charge on any atom is -0.481 e. The van der Waals surface area contributed by atoms with E-state index in [1.807, 2.05) is 6.92 Å². The number of carbonyl (C=O) groups excluding carboxylic acids is 2. The summed E-state index contributed by atoms with van der Waals surface area (Å²) < 4.78 is 0. The number of hydrogen-bond acceptors (Lipinski definition) is 3. The zero-order chi connectivity index (χ0) is 12.6. The van der Waals surface area contributed by atoms with Gasteiger partial charge in [0.15, 0.2) is 0 Å². The normalized spacial score (nSPS) is 14.1. The molecule has 1 aromatic rings. The molecule has 0 radical (unpaired) electrons. The lowest BCUT2D eigenvalue weighted by atomic mass is 10.1. The molecule has 0 saturated heterocycles. The van der Waals surface area contributed by atoms with E-state index in [2.05, 4.69) is 0 Å². The van der Waals surface area contributed by atoms with Gasteiger partial charge in [-0.1, -0.05) is 6.07 Å². The number of carboxylic acids is 1. The molecular formula is C12H11NO4. The summed E-state index contributed by atoms with van der Waals surface area (Å²) in [6.45, 7) is 1.87. The first kappa shape index (κ1) is 11.3. The molecule has 0 saturated carbocycles. The summed E-state index contributed by atoms with van der Waals surface area (Å²) in [5.41, 5.74) is 1.79. The average molecular weight is 233 g/mol. The molecule has 1 aliphatic rings. The first-order valence-corrected chi connectivity index (χ1v) is 5.19. The van der Waals surface area contributed by atoms with Crippen LogP contribution < -0.4 is 4.90 Å². The molecule has 2 rings (SSSR count). The lowest BCUT2D eigenvalue weighted by molar-refractivity contribution is -0.136. The third kappa shape index (κ3) is 1.91. The minimum absolute atomic E-state index is 0.0242. The second kappa shape index (κ2) is 4.01. The van der Waals surface area contributed by atoms with Crippen LogP contribution in [-0.2, 0) is 9.59 Å². The highest BCUT2D eigenvalue weighted by atomic mass is 16.4. The number of hydrogen-bond donors (Lipinski definition) is 1. The van der Waals surface area contributed by atoms with Crippen LogP contribution in [0.15, 0.2) is 18.2 Å². The second-order valence-corrected chi connectivity index (χ2v) is 3.95. The van der Waals surface area contributed by atoms with Crippen molar-refractivity contribution in [3.05, 3.63) is 29.3 Å². The van der Waals surface area contributed by atoms with Crippen LogP contribution in [0, 0.1) is 6.92 Å². The Labute approximate surface area is 97.7 Å². The van der Waals surface area contributed by atoms with E-state index in [1.165, 1.54) is 4.90 Å². The van der Waals surface area contributed by atoms with E-state index in [4.69, 9.17) is 5.11 Å². The molecule has 0 unspecified atom stereocenters. The molecule has 0 bridgehead atoms. The largest absolute Gasteiger partial charge is 0.481 e. The Bertz CT molecular complexity index is 521. The Kier molecular flexibility index (Phi) is 2.67. The molecule has 17 heavy (non-hydrogen) atoms. The predicted octanol–water partition coefficient (Wildman–Crippen LogP) is 0.999. The quantitative estimate of drug-likeness (QED) is 0.790. The number of fused-ring (bicyclic) bond motifs is 1. The molecule has 1 amide bonds. The van der Waals surface area contributed by atoms with Crippen LogP contribution in [0.3, 0.4) is 0 Å². The summed E-state index contributed by atoms with van der Waals surface area (Å²) in [6.07, 6.45) is -0.174. The fourth-order valence-corrected chi connectivity index (χ4v) is 1.83. The molecule has 1 aliphatic heterocycles. The van der Waals surface area contributed by atoms with E-state index in [-0.39, 0.29) is 13.0 Å². The third-order valence-electron chi connectivity index (χ3n) is 2.68. The van der Waals surface area contributed by atoms with Crippen molar-refractivity contribution in [2.75, 3.05) is 11.4 Å². The number of anilines is 1. The monoisotopic (exact) mass is 233 g/mol. The molecule has 5 nitrogen and oxygen atoms in total. The van der Waals surface area contributed by atoms with Crippen LogP contribution in [0.5, 0.6) is 0 Å². The molecule has 0 atom stereocenters. The molecular weight excluding hydrogens is 222 g/mol. The topological polar surface area (TPSA) is 74.7 Å². The van der Waals surface area contributed by atoms with Gasteiger partial charge in [-0.3, -0.25) is 14.4 Å². The summed E-state index contributed by atoms with van der Waals surface area (Å²) in [5.74, 6) is -2.21. The fourth-order valence-electron chi connectivity index (χ4n) is 1.83. The van der Waals surface area contributed by atoms with Gasteiger partial charge >= 0.3 is 5.97 Å².